The van der Waals surface area contributed by atoms with E-state index >= 15 is 0 Å². The van der Waals surface area contributed by atoms with Crippen molar-refractivity contribution in [1.82, 2.24) is 5.32 Å². The van der Waals surface area contributed by atoms with E-state index in [0.717, 1.165) is 10.9 Å². The molecule has 3 rings (SSSR count). The number of hydrogen-bond acceptors (Lipinski definition) is 2. The van der Waals surface area contributed by atoms with Gasteiger partial charge in [0.2, 0.25) is 0 Å². The van der Waals surface area contributed by atoms with Crippen LogP contribution in [0.3, 0.4) is 0 Å². The van der Waals surface area contributed by atoms with E-state index < -0.39 is 0 Å². The first-order chi connectivity index (χ1) is 9.76. The molecule has 0 saturated carbocycles. The summed E-state index contributed by atoms with van der Waals surface area (Å²) in [7, 11) is 2.08. The van der Waals surface area contributed by atoms with Crippen molar-refractivity contribution in [3.8, 4) is 0 Å². The summed E-state index contributed by atoms with van der Waals surface area (Å²) in [4.78, 5) is 1.45. The lowest BCUT2D eigenvalue weighted by Gasteiger charge is -2.22. The molecule has 1 aliphatic heterocycles. The van der Waals surface area contributed by atoms with E-state index in [1.54, 1.807) is 0 Å². The highest BCUT2D eigenvalue weighted by molar-refractivity contribution is 9.10. The van der Waals surface area contributed by atoms with E-state index in [9.17, 15) is 0 Å². The molecular weight excluding hydrogens is 330 g/mol. The SMILES string of the molecule is CNC(Cc1ccc(Br)cc1)C1Cc2ccccc2S1. The van der Waals surface area contributed by atoms with Crippen LogP contribution in [0.4, 0.5) is 0 Å². The lowest BCUT2D eigenvalue weighted by Crippen LogP contribution is -2.37. The molecule has 2 unspecified atom stereocenters. The smallest absolute Gasteiger partial charge is 0.0292 e. The predicted octanol–water partition coefficient (Wildman–Crippen LogP) is 4.30. The number of benzene rings is 2. The minimum absolute atomic E-state index is 0.508. The van der Waals surface area contributed by atoms with Gasteiger partial charge in [-0.05, 0) is 49.2 Å². The molecule has 2 aromatic carbocycles. The van der Waals surface area contributed by atoms with Crippen molar-refractivity contribution in [3.05, 3.63) is 64.1 Å². The van der Waals surface area contributed by atoms with Crippen molar-refractivity contribution in [2.45, 2.75) is 29.0 Å². The molecule has 0 aliphatic carbocycles. The molecule has 0 spiro atoms. The van der Waals surface area contributed by atoms with Gasteiger partial charge in [-0.3, -0.25) is 0 Å². The van der Waals surface area contributed by atoms with Crippen molar-refractivity contribution >= 4 is 27.7 Å². The van der Waals surface area contributed by atoms with Gasteiger partial charge in [0, 0.05) is 20.7 Å². The van der Waals surface area contributed by atoms with Crippen LogP contribution in [0.25, 0.3) is 0 Å². The summed E-state index contributed by atoms with van der Waals surface area (Å²) >= 11 is 5.51. The monoisotopic (exact) mass is 347 g/mol. The minimum Gasteiger partial charge on any atom is -0.316 e. The summed E-state index contributed by atoms with van der Waals surface area (Å²) in [5, 5.41) is 4.14. The fourth-order valence-corrected chi connectivity index (χ4v) is 4.44. The van der Waals surface area contributed by atoms with Crippen molar-refractivity contribution in [3.63, 3.8) is 0 Å². The van der Waals surface area contributed by atoms with Crippen molar-refractivity contribution in [1.29, 1.82) is 0 Å². The van der Waals surface area contributed by atoms with E-state index in [1.165, 1.54) is 22.4 Å². The Labute approximate surface area is 133 Å². The van der Waals surface area contributed by atoms with Gasteiger partial charge in [-0.2, -0.15) is 0 Å². The Morgan fingerprint density at radius 3 is 2.65 bits per heavy atom. The van der Waals surface area contributed by atoms with Crippen LogP contribution in [0.2, 0.25) is 0 Å². The second kappa shape index (κ2) is 6.33. The molecule has 3 heteroatoms. The van der Waals surface area contributed by atoms with Gasteiger partial charge in [0.05, 0.1) is 0 Å². The molecule has 1 N–H and O–H groups in total. The number of fused-ring (bicyclic) bond motifs is 1. The zero-order valence-corrected chi connectivity index (χ0v) is 13.9. The van der Waals surface area contributed by atoms with E-state index in [4.69, 9.17) is 0 Å². The van der Waals surface area contributed by atoms with Gasteiger partial charge in [-0.25, -0.2) is 0 Å². The highest BCUT2D eigenvalue weighted by Crippen LogP contribution is 2.38. The molecule has 0 bridgehead atoms. The van der Waals surface area contributed by atoms with E-state index in [-0.39, 0.29) is 0 Å². The summed E-state index contributed by atoms with van der Waals surface area (Å²) in [6.45, 7) is 0. The van der Waals surface area contributed by atoms with Crippen molar-refractivity contribution in [2.24, 2.45) is 0 Å². The molecule has 1 heterocycles. The molecule has 0 amide bonds. The van der Waals surface area contributed by atoms with Gasteiger partial charge in [0.1, 0.15) is 0 Å². The Morgan fingerprint density at radius 2 is 1.95 bits per heavy atom. The lowest BCUT2D eigenvalue weighted by molar-refractivity contribution is 0.537. The summed E-state index contributed by atoms with van der Waals surface area (Å²) < 4.78 is 1.14. The van der Waals surface area contributed by atoms with Crippen LogP contribution in [0.1, 0.15) is 11.1 Å². The Balaban J connectivity index is 1.71. The van der Waals surface area contributed by atoms with Crippen molar-refractivity contribution < 1.29 is 0 Å². The molecule has 0 fully saturated rings. The zero-order chi connectivity index (χ0) is 13.9. The zero-order valence-electron chi connectivity index (χ0n) is 11.5. The fourth-order valence-electron chi connectivity index (χ4n) is 2.73. The first-order valence-corrected chi connectivity index (χ1v) is 8.60. The topological polar surface area (TPSA) is 12.0 Å². The number of halogens is 1. The number of thioether (sulfide) groups is 1. The maximum absolute atomic E-state index is 3.51. The second-order valence-corrected chi connectivity index (χ2v) is 7.39. The Hall–Kier alpha value is -0.770. The third-order valence-electron chi connectivity index (χ3n) is 3.86. The van der Waals surface area contributed by atoms with Gasteiger partial charge in [0.25, 0.3) is 0 Å². The summed E-state index contributed by atoms with van der Waals surface area (Å²) in [5.41, 5.74) is 2.89. The van der Waals surface area contributed by atoms with Crippen molar-refractivity contribution in [2.75, 3.05) is 7.05 Å². The number of rotatable bonds is 4. The van der Waals surface area contributed by atoms with E-state index in [2.05, 4.69) is 76.8 Å². The van der Waals surface area contributed by atoms with Crippen LogP contribution >= 0.6 is 27.7 Å². The van der Waals surface area contributed by atoms with Crippen LogP contribution in [0.15, 0.2) is 57.9 Å². The van der Waals surface area contributed by atoms with E-state index in [0.29, 0.717) is 11.3 Å². The highest BCUT2D eigenvalue weighted by Gasteiger charge is 2.28. The molecule has 1 nitrogen and oxygen atoms in total. The molecule has 20 heavy (non-hydrogen) atoms. The van der Waals surface area contributed by atoms with Crippen LogP contribution < -0.4 is 5.32 Å². The normalized spacial score (nSPS) is 18.8. The first-order valence-electron chi connectivity index (χ1n) is 6.92. The third kappa shape index (κ3) is 3.11. The van der Waals surface area contributed by atoms with Crippen LogP contribution in [0, 0.1) is 0 Å². The predicted molar refractivity (Wildman–Crippen MR) is 90.5 cm³/mol. The second-order valence-electron chi connectivity index (χ2n) is 5.19. The number of hydrogen-bond donors (Lipinski definition) is 1. The van der Waals surface area contributed by atoms with Gasteiger partial charge >= 0.3 is 0 Å². The largest absolute Gasteiger partial charge is 0.316 e. The quantitative estimate of drug-likeness (QED) is 0.884. The Bertz CT molecular complexity index is 557. The molecule has 1 aliphatic rings. The molecular formula is C17H18BrNS. The fraction of sp³-hybridized carbons (Fsp3) is 0.294. The average molecular weight is 348 g/mol. The Kier molecular flexibility index (Phi) is 4.49. The molecule has 2 aromatic rings. The van der Waals surface area contributed by atoms with Gasteiger partial charge in [-0.15, -0.1) is 11.8 Å². The molecule has 104 valence electrons. The standard InChI is InChI=1S/C17H18BrNS/c1-19-15(10-12-6-8-14(18)9-7-12)17-11-13-4-2-3-5-16(13)20-17/h2-9,15,17,19H,10-11H2,1H3. The molecule has 2 atom stereocenters. The highest BCUT2D eigenvalue weighted by atomic mass is 79.9. The minimum atomic E-state index is 0.508. The summed E-state index contributed by atoms with van der Waals surface area (Å²) in [5.74, 6) is 0. The average Bonchev–Trinajstić information content (AvgIpc) is 2.90. The summed E-state index contributed by atoms with van der Waals surface area (Å²) in [6, 6.07) is 18.0. The summed E-state index contributed by atoms with van der Waals surface area (Å²) in [6.07, 6.45) is 2.25. The molecule has 0 saturated heterocycles. The maximum atomic E-state index is 3.51. The maximum Gasteiger partial charge on any atom is 0.0292 e. The molecule has 0 radical (unpaired) electrons. The van der Waals surface area contributed by atoms with Gasteiger partial charge < -0.3 is 5.32 Å². The first kappa shape index (κ1) is 14.2. The van der Waals surface area contributed by atoms with Crippen LogP contribution in [-0.2, 0) is 12.8 Å². The van der Waals surface area contributed by atoms with E-state index in [1.807, 2.05) is 11.8 Å². The van der Waals surface area contributed by atoms with Crippen LogP contribution in [-0.4, -0.2) is 18.3 Å². The lowest BCUT2D eigenvalue weighted by atomic mass is 9.99. The Morgan fingerprint density at radius 1 is 1.20 bits per heavy atom. The van der Waals surface area contributed by atoms with Crippen LogP contribution in [0.5, 0.6) is 0 Å². The molecule has 0 aromatic heterocycles. The van der Waals surface area contributed by atoms with Gasteiger partial charge in [0.15, 0.2) is 0 Å². The number of nitrogens with one attached hydrogen (secondary N) is 1. The third-order valence-corrected chi connectivity index (χ3v) is 5.84. The number of likely N-dealkylation sites (N-methyl/N-ethyl adjacent to an activating group) is 1. The van der Waals surface area contributed by atoms with Gasteiger partial charge in [-0.1, -0.05) is 46.3 Å².